The standard InChI is InChI=1S/C8H17NO/c1-7(2)9(4)8(3)6-10-5/h8H,1,6H2,2-5H3. The Kier molecular flexibility index (Phi) is 4.12. The van der Waals surface area contributed by atoms with Gasteiger partial charge in [0.25, 0.3) is 0 Å². The van der Waals surface area contributed by atoms with E-state index >= 15 is 0 Å². The van der Waals surface area contributed by atoms with Gasteiger partial charge in [-0.3, -0.25) is 0 Å². The molecule has 0 aromatic carbocycles. The van der Waals surface area contributed by atoms with Crippen LogP contribution in [-0.4, -0.2) is 31.7 Å². The number of hydrogen-bond donors (Lipinski definition) is 0. The third kappa shape index (κ3) is 2.87. The highest BCUT2D eigenvalue weighted by Crippen LogP contribution is 2.02. The Balaban J connectivity index is 3.69. The van der Waals surface area contributed by atoms with Crippen molar-refractivity contribution >= 4 is 0 Å². The van der Waals surface area contributed by atoms with Gasteiger partial charge in [0.05, 0.1) is 6.61 Å². The second-order valence-corrected chi connectivity index (χ2v) is 2.65. The Morgan fingerprint density at radius 1 is 1.70 bits per heavy atom. The Hall–Kier alpha value is -0.500. The van der Waals surface area contributed by atoms with Gasteiger partial charge in [0, 0.05) is 25.9 Å². The Bertz CT molecular complexity index is 112. The molecular weight excluding hydrogens is 126 g/mol. The molecule has 1 unspecified atom stereocenters. The minimum atomic E-state index is 0.419. The molecule has 2 nitrogen and oxygen atoms in total. The van der Waals surface area contributed by atoms with E-state index in [2.05, 4.69) is 18.4 Å². The van der Waals surface area contributed by atoms with Gasteiger partial charge < -0.3 is 9.64 Å². The van der Waals surface area contributed by atoms with Gasteiger partial charge in [0.1, 0.15) is 0 Å². The van der Waals surface area contributed by atoms with Crippen LogP contribution >= 0.6 is 0 Å². The number of ether oxygens (including phenoxy) is 1. The van der Waals surface area contributed by atoms with Crippen LogP contribution in [0.25, 0.3) is 0 Å². The molecule has 0 aliphatic rings. The van der Waals surface area contributed by atoms with Crippen molar-refractivity contribution in [1.29, 1.82) is 0 Å². The van der Waals surface area contributed by atoms with Gasteiger partial charge in [0.15, 0.2) is 0 Å². The van der Waals surface area contributed by atoms with Crippen molar-refractivity contribution in [3.63, 3.8) is 0 Å². The monoisotopic (exact) mass is 143 g/mol. The van der Waals surface area contributed by atoms with E-state index in [1.54, 1.807) is 7.11 Å². The van der Waals surface area contributed by atoms with E-state index in [1.165, 1.54) is 0 Å². The Labute approximate surface area is 63.5 Å². The second kappa shape index (κ2) is 4.34. The number of nitrogens with zero attached hydrogens (tertiary/aromatic N) is 1. The van der Waals surface area contributed by atoms with E-state index in [-0.39, 0.29) is 0 Å². The lowest BCUT2D eigenvalue weighted by molar-refractivity contribution is 0.133. The average Bonchev–Trinajstić information content (AvgIpc) is 1.87. The summed E-state index contributed by atoms with van der Waals surface area (Å²) in [5.41, 5.74) is 1.07. The largest absolute Gasteiger partial charge is 0.383 e. The second-order valence-electron chi connectivity index (χ2n) is 2.65. The number of rotatable bonds is 4. The first-order valence-corrected chi connectivity index (χ1v) is 3.47. The van der Waals surface area contributed by atoms with Gasteiger partial charge in [-0.2, -0.15) is 0 Å². The van der Waals surface area contributed by atoms with Crippen molar-refractivity contribution in [2.24, 2.45) is 0 Å². The molecule has 0 spiro atoms. The summed E-state index contributed by atoms with van der Waals surface area (Å²) < 4.78 is 4.99. The third-order valence-corrected chi connectivity index (χ3v) is 1.67. The van der Waals surface area contributed by atoms with Crippen molar-refractivity contribution in [2.75, 3.05) is 20.8 Å². The molecule has 0 saturated heterocycles. The van der Waals surface area contributed by atoms with Gasteiger partial charge in [-0.1, -0.05) is 6.58 Å². The molecule has 0 saturated carbocycles. The van der Waals surface area contributed by atoms with Crippen LogP contribution in [0.4, 0.5) is 0 Å². The summed E-state index contributed by atoms with van der Waals surface area (Å²) in [6.07, 6.45) is 0. The minimum absolute atomic E-state index is 0.419. The zero-order valence-electron chi connectivity index (χ0n) is 7.35. The van der Waals surface area contributed by atoms with Gasteiger partial charge >= 0.3 is 0 Å². The van der Waals surface area contributed by atoms with E-state index in [1.807, 2.05) is 14.0 Å². The highest BCUT2D eigenvalue weighted by atomic mass is 16.5. The predicted molar refractivity (Wildman–Crippen MR) is 43.9 cm³/mol. The smallest absolute Gasteiger partial charge is 0.0663 e. The lowest BCUT2D eigenvalue weighted by atomic mass is 10.3. The van der Waals surface area contributed by atoms with Crippen LogP contribution in [0.2, 0.25) is 0 Å². The molecular formula is C8H17NO. The Morgan fingerprint density at radius 2 is 2.20 bits per heavy atom. The molecule has 0 rings (SSSR count). The van der Waals surface area contributed by atoms with Gasteiger partial charge in [-0.25, -0.2) is 0 Å². The molecule has 0 aromatic rings. The molecule has 0 radical (unpaired) electrons. The molecule has 10 heavy (non-hydrogen) atoms. The van der Waals surface area contributed by atoms with Crippen molar-refractivity contribution in [2.45, 2.75) is 19.9 Å². The first-order chi connectivity index (χ1) is 4.59. The van der Waals surface area contributed by atoms with Gasteiger partial charge in [-0.05, 0) is 13.8 Å². The van der Waals surface area contributed by atoms with E-state index < -0.39 is 0 Å². The Morgan fingerprint density at radius 3 is 2.50 bits per heavy atom. The maximum Gasteiger partial charge on any atom is 0.0663 e. The zero-order valence-corrected chi connectivity index (χ0v) is 7.35. The normalized spacial score (nSPS) is 12.8. The quantitative estimate of drug-likeness (QED) is 0.591. The van der Waals surface area contributed by atoms with E-state index in [4.69, 9.17) is 4.74 Å². The molecule has 0 aliphatic heterocycles. The molecule has 0 N–H and O–H groups in total. The lowest BCUT2D eigenvalue weighted by Gasteiger charge is -2.25. The van der Waals surface area contributed by atoms with Crippen LogP contribution in [-0.2, 0) is 4.74 Å². The predicted octanol–water partition coefficient (Wildman–Crippen LogP) is 1.49. The molecule has 0 bridgehead atoms. The SMILES string of the molecule is C=C(C)N(C)C(C)COC. The molecule has 1 atom stereocenters. The fraction of sp³-hybridized carbons (Fsp3) is 0.750. The molecule has 0 aliphatic carbocycles. The van der Waals surface area contributed by atoms with Crippen LogP contribution in [0.15, 0.2) is 12.3 Å². The molecule has 2 heteroatoms. The fourth-order valence-corrected chi connectivity index (χ4v) is 0.729. The van der Waals surface area contributed by atoms with Crippen LogP contribution < -0.4 is 0 Å². The number of likely N-dealkylation sites (N-methyl/N-ethyl adjacent to an activating group) is 1. The zero-order chi connectivity index (χ0) is 8.15. The van der Waals surface area contributed by atoms with Crippen molar-refractivity contribution in [3.8, 4) is 0 Å². The van der Waals surface area contributed by atoms with Crippen LogP contribution in [0.1, 0.15) is 13.8 Å². The minimum Gasteiger partial charge on any atom is -0.383 e. The number of allylic oxidation sites excluding steroid dienone is 1. The molecule has 60 valence electrons. The first-order valence-electron chi connectivity index (χ1n) is 3.47. The van der Waals surface area contributed by atoms with Crippen molar-refractivity contribution in [1.82, 2.24) is 4.90 Å². The molecule has 0 amide bonds. The third-order valence-electron chi connectivity index (χ3n) is 1.67. The maximum absolute atomic E-state index is 4.99. The van der Waals surface area contributed by atoms with Gasteiger partial charge in [0.2, 0.25) is 0 Å². The summed E-state index contributed by atoms with van der Waals surface area (Å²) in [6, 6.07) is 0.419. The van der Waals surface area contributed by atoms with Gasteiger partial charge in [-0.15, -0.1) is 0 Å². The summed E-state index contributed by atoms with van der Waals surface area (Å²) in [5.74, 6) is 0. The van der Waals surface area contributed by atoms with E-state index in [0.717, 1.165) is 12.3 Å². The summed E-state index contributed by atoms with van der Waals surface area (Å²) >= 11 is 0. The molecule has 0 aromatic heterocycles. The maximum atomic E-state index is 4.99. The van der Waals surface area contributed by atoms with Crippen LogP contribution in [0.5, 0.6) is 0 Å². The molecule has 0 heterocycles. The summed E-state index contributed by atoms with van der Waals surface area (Å²) in [7, 11) is 3.73. The fourth-order valence-electron chi connectivity index (χ4n) is 0.729. The summed E-state index contributed by atoms with van der Waals surface area (Å²) in [6.45, 7) is 8.68. The van der Waals surface area contributed by atoms with Crippen molar-refractivity contribution in [3.05, 3.63) is 12.3 Å². The first kappa shape index (κ1) is 9.50. The van der Waals surface area contributed by atoms with Crippen LogP contribution in [0, 0.1) is 0 Å². The topological polar surface area (TPSA) is 12.5 Å². The highest BCUT2D eigenvalue weighted by molar-refractivity contribution is 4.88. The van der Waals surface area contributed by atoms with Crippen molar-refractivity contribution < 1.29 is 4.74 Å². The summed E-state index contributed by atoms with van der Waals surface area (Å²) in [5, 5.41) is 0. The summed E-state index contributed by atoms with van der Waals surface area (Å²) in [4.78, 5) is 2.10. The molecule has 0 fully saturated rings. The highest BCUT2D eigenvalue weighted by Gasteiger charge is 2.06. The number of methoxy groups -OCH3 is 1. The average molecular weight is 143 g/mol. The number of hydrogen-bond acceptors (Lipinski definition) is 2. The van der Waals surface area contributed by atoms with E-state index in [9.17, 15) is 0 Å². The lowest BCUT2D eigenvalue weighted by Crippen LogP contribution is -2.30. The van der Waals surface area contributed by atoms with E-state index in [0.29, 0.717) is 6.04 Å². The van der Waals surface area contributed by atoms with Crippen LogP contribution in [0.3, 0.4) is 0 Å².